The van der Waals surface area contributed by atoms with Crippen LogP contribution in [0.25, 0.3) is 17.2 Å². The van der Waals surface area contributed by atoms with E-state index in [1.807, 2.05) is 42.5 Å². The highest BCUT2D eigenvalue weighted by atomic mass is 16.7. The lowest BCUT2D eigenvalue weighted by molar-refractivity contribution is -0.299. The summed E-state index contributed by atoms with van der Waals surface area (Å²) in [7, 11) is 0. The van der Waals surface area contributed by atoms with Crippen LogP contribution < -0.4 is 0 Å². The molecular formula is C31H34O12. The first-order valence-electron chi connectivity index (χ1n) is 13.5. The van der Waals surface area contributed by atoms with Crippen molar-refractivity contribution in [2.45, 2.75) is 65.3 Å². The summed E-state index contributed by atoms with van der Waals surface area (Å²) in [5.74, 6) is -4.24. The molecule has 0 spiro atoms. The van der Waals surface area contributed by atoms with E-state index < -0.39 is 67.2 Å². The van der Waals surface area contributed by atoms with Crippen molar-refractivity contribution < 1.29 is 57.1 Å². The molecule has 230 valence electrons. The second kappa shape index (κ2) is 15.5. The molecule has 1 fully saturated rings. The zero-order valence-corrected chi connectivity index (χ0v) is 24.5. The molecule has 2 aromatic rings. The minimum absolute atomic E-state index is 0.0160. The Morgan fingerprint density at radius 3 is 1.91 bits per heavy atom. The lowest BCUT2D eigenvalue weighted by Gasteiger charge is -2.43. The molecule has 0 aromatic heterocycles. The molecule has 43 heavy (non-hydrogen) atoms. The van der Waals surface area contributed by atoms with Gasteiger partial charge < -0.3 is 33.2 Å². The maximum absolute atomic E-state index is 13.1. The summed E-state index contributed by atoms with van der Waals surface area (Å²) < 4.78 is 38.5. The first-order valence-corrected chi connectivity index (χ1v) is 13.5. The number of hydrogen-bond acceptors (Lipinski definition) is 12. The SMILES string of the molecule is CCOC(=O)/C(=C/c1cccc(-c2ccccc2)c1)O[C@H]1O[C@@H](COC(C)=O)[C@H](OC(C)=O)[C@@H](OC(C)=O)[C@@H]1OC(C)=O. The highest BCUT2D eigenvalue weighted by Gasteiger charge is 2.53. The van der Waals surface area contributed by atoms with E-state index in [0.717, 1.165) is 38.8 Å². The largest absolute Gasteiger partial charge is 0.463 e. The first-order chi connectivity index (χ1) is 20.5. The molecule has 1 aliphatic rings. The van der Waals surface area contributed by atoms with E-state index in [1.54, 1.807) is 19.1 Å². The number of benzene rings is 2. The zero-order chi connectivity index (χ0) is 31.5. The van der Waals surface area contributed by atoms with Crippen LogP contribution in [0.5, 0.6) is 0 Å². The van der Waals surface area contributed by atoms with E-state index in [2.05, 4.69) is 0 Å². The molecule has 12 nitrogen and oxygen atoms in total. The molecule has 12 heteroatoms. The topological polar surface area (TPSA) is 150 Å². The van der Waals surface area contributed by atoms with Crippen molar-refractivity contribution >= 4 is 35.9 Å². The summed E-state index contributed by atoms with van der Waals surface area (Å²) in [5.41, 5.74) is 2.37. The third kappa shape index (κ3) is 9.67. The van der Waals surface area contributed by atoms with Crippen LogP contribution >= 0.6 is 0 Å². The molecule has 2 aromatic carbocycles. The predicted molar refractivity (Wildman–Crippen MR) is 150 cm³/mol. The highest BCUT2D eigenvalue weighted by Crippen LogP contribution is 2.32. The summed E-state index contributed by atoms with van der Waals surface area (Å²) >= 11 is 0. The first kappa shape index (κ1) is 32.8. The Bertz CT molecular complexity index is 1340. The lowest BCUT2D eigenvalue weighted by atomic mass is 9.98. The van der Waals surface area contributed by atoms with Gasteiger partial charge in [-0.05, 0) is 35.8 Å². The minimum Gasteiger partial charge on any atom is -0.463 e. The van der Waals surface area contributed by atoms with Crippen molar-refractivity contribution in [1.29, 1.82) is 0 Å². The summed E-state index contributed by atoms with van der Waals surface area (Å²) in [6.45, 7) is 5.66. The average Bonchev–Trinajstić information content (AvgIpc) is 2.94. The van der Waals surface area contributed by atoms with E-state index in [9.17, 15) is 24.0 Å². The number of ether oxygens (including phenoxy) is 7. The highest BCUT2D eigenvalue weighted by molar-refractivity contribution is 5.91. The molecule has 1 aliphatic heterocycles. The van der Waals surface area contributed by atoms with Crippen LogP contribution in [0, 0.1) is 0 Å². The molecule has 1 saturated heterocycles. The van der Waals surface area contributed by atoms with Gasteiger partial charge in [-0.1, -0.05) is 48.5 Å². The van der Waals surface area contributed by atoms with Gasteiger partial charge in [0.25, 0.3) is 0 Å². The number of carbonyl (C=O) groups excluding carboxylic acids is 5. The molecule has 5 atom stereocenters. The molecular weight excluding hydrogens is 564 g/mol. The minimum atomic E-state index is -1.60. The van der Waals surface area contributed by atoms with E-state index in [1.165, 1.54) is 6.08 Å². The smallest absolute Gasteiger partial charge is 0.373 e. The Kier molecular flexibility index (Phi) is 11.8. The number of esters is 5. The van der Waals surface area contributed by atoms with E-state index >= 15 is 0 Å². The lowest BCUT2D eigenvalue weighted by Crippen LogP contribution is -2.63. The Morgan fingerprint density at radius 2 is 1.30 bits per heavy atom. The third-order valence-corrected chi connectivity index (χ3v) is 5.96. The Hall–Kier alpha value is -4.71. The van der Waals surface area contributed by atoms with Gasteiger partial charge in [0, 0.05) is 27.7 Å². The average molecular weight is 599 g/mol. The summed E-state index contributed by atoms with van der Waals surface area (Å²) in [4.78, 5) is 60.9. The van der Waals surface area contributed by atoms with Crippen molar-refractivity contribution in [3.8, 4) is 11.1 Å². The molecule has 0 bridgehead atoms. The van der Waals surface area contributed by atoms with Gasteiger partial charge >= 0.3 is 29.8 Å². The molecule has 0 amide bonds. The predicted octanol–water partition coefficient (Wildman–Crippen LogP) is 3.36. The fraction of sp³-hybridized carbons (Fsp3) is 0.387. The van der Waals surface area contributed by atoms with Crippen molar-refractivity contribution in [2.24, 2.45) is 0 Å². The van der Waals surface area contributed by atoms with E-state index in [0.29, 0.717) is 5.56 Å². The standard InChI is InChI=1S/C31H34O12/c1-6-37-30(36)25(16-22-11-10-14-24(15-22)23-12-8-7-9-13-23)42-31-29(41-21(5)35)28(40-20(4)34)27(39-19(3)33)26(43-31)17-38-18(2)32/h7-16,26-29,31H,6,17H2,1-5H3/b25-16-/t26-,27-,28+,29-,31-/m0/s1. The van der Waals surface area contributed by atoms with Gasteiger partial charge in [0.15, 0.2) is 12.2 Å². The number of carbonyl (C=O) groups is 5. The molecule has 0 N–H and O–H groups in total. The molecule has 1 heterocycles. The van der Waals surface area contributed by atoms with Gasteiger partial charge in [-0.25, -0.2) is 4.79 Å². The molecule has 0 radical (unpaired) electrons. The molecule has 3 rings (SSSR count). The Balaban J connectivity index is 2.07. The maximum atomic E-state index is 13.1. The molecule has 0 unspecified atom stereocenters. The fourth-order valence-electron chi connectivity index (χ4n) is 4.34. The normalized spacial score (nSPS) is 21.6. The molecule has 0 saturated carbocycles. The van der Waals surface area contributed by atoms with Crippen LogP contribution in [-0.4, -0.2) is 73.8 Å². The number of rotatable bonds is 11. The van der Waals surface area contributed by atoms with Gasteiger partial charge in [0.1, 0.15) is 12.7 Å². The van der Waals surface area contributed by atoms with Crippen LogP contribution in [-0.2, 0) is 57.1 Å². The van der Waals surface area contributed by atoms with Crippen LogP contribution in [0.3, 0.4) is 0 Å². The zero-order valence-electron chi connectivity index (χ0n) is 24.5. The quantitative estimate of drug-likeness (QED) is 0.161. The van der Waals surface area contributed by atoms with Gasteiger partial charge in [-0.3, -0.25) is 19.2 Å². The Labute approximate surface area is 248 Å². The second-order valence-corrected chi connectivity index (χ2v) is 9.41. The summed E-state index contributed by atoms with van der Waals surface area (Å²) in [5, 5.41) is 0. The molecule has 0 aliphatic carbocycles. The van der Waals surface area contributed by atoms with Crippen LogP contribution in [0.4, 0.5) is 0 Å². The van der Waals surface area contributed by atoms with Gasteiger partial charge in [-0.2, -0.15) is 0 Å². The van der Waals surface area contributed by atoms with Gasteiger partial charge in [0.2, 0.25) is 18.2 Å². The van der Waals surface area contributed by atoms with Gasteiger partial charge in [0.05, 0.1) is 6.61 Å². The van der Waals surface area contributed by atoms with Crippen molar-refractivity contribution in [3.05, 3.63) is 65.9 Å². The number of hydrogen-bond donors (Lipinski definition) is 0. The second-order valence-electron chi connectivity index (χ2n) is 9.41. The summed E-state index contributed by atoms with van der Waals surface area (Å²) in [6.07, 6.45) is -5.80. The fourth-order valence-corrected chi connectivity index (χ4v) is 4.34. The monoisotopic (exact) mass is 598 g/mol. The van der Waals surface area contributed by atoms with Crippen molar-refractivity contribution in [2.75, 3.05) is 13.2 Å². The van der Waals surface area contributed by atoms with Crippen LogP contribution in [0.15, 0.2) is 60.4 Å². The van der Waals surface area contributed by atoms with Crippen molar-refractivity contribution in [1.82, 2.24) is 0 Å². The third-order valence-electron chi connectivity index (χ3n) is 5.96. The summed E-state index contributed by atoms with van der Waals surface area (Å²) in [6, 6.07) is 16.8. The van der Waals surface area contributed by atoms with Gasteiger partial charge in [-0.15, -0.1) is 0 Å². The maximum Gasteiger partial charge on any atom is 0.373 e. The van der Waals surface area contributed by atoms with E-state index in [-0.39, 0.29) is 12.4 Å². The van der Waals surface area contributed by atoms with Crippen LogP contribution in [0.1, 0.15) is 40.2 Å². The Morgan fingerprint density at radius 1 is 0.698 bits per heavy atom. The van der Waals surface area contributed by atoms with E-state index in [4.69, 9.17) is 33.2 Å². The van der Waals surface area contributed by atoms with Crippen molar-refractivity contribution in [3.63, 3.8) is 0 Å². The van der Waals surface area contributed by atoms with Crippen LogP contribution in [0.2, 0.25) is 0 Å².